The van der Waals surface area contributed by atoms with E-state index >= 15 is 0 Å². The van der Waals surface area contributed by atoms with Gasteiger partial charge in [-0.1, -0.05) is 12.1 Å². The highest BCUT2D eigenvalue weighted by atomic mass is 16.1. The highest BCUT2D eigenvalue weighted by molar-refractivity contribution is 6.40. The van der Waals surface area contributed by atoms with Gasteiger partial charge in [0.2, 0.25) is 0 Å². The minimum absolute atomic E-state index is 0.198. The van der Waals surface area contributed by atoms with Crippen LogP contribution in [0.15, 0.2) is 29.4 Å². The third kappa shape index (κ3) is 4.17. The van der Waals surface area contributed by atoms with E-state index in [-0.39, 0.29) is 5.78 Å². The number of hydrazone groups is 1. The number of likely N-dealkylation sites (tertiary alicyclic amines) is 1. The monoisotopic (exact) mass is 300 g/mol. The summed E-state index contributed by atoms with van der Waals surface area (Å²) in [4.78, 5) is 13.4. The lowest BCUT2D eigenvalue weighted by atomic mass is 9.97. The van der Waals surface area contributed by atoms with Gasteiger partial charge >= 0.3 is 0 Å². The number of hydrogen-bond acceptors (Lipinski definition) is 3. The van der Waals surface area contributed by atoms with Crippen molar-refractivity contribution in [2.24, 2.45) is 5.10 Å². The number of carbonyl (C=O) groups excluding carboxylic acids is 1. The lowest BCUT2D eigenvalue weighted by molar-refractivity contribution is -0.918. The molecule has 4 heteroatoms. The zero-order valence-electron chi connectivity index (χ0n) is 13.2. The lowest BCUT2D eigenvalue weighted by Crippen LogP contribution is -3.11. The van der Waals surface area contributed by atoms with Crippen LogP contribution in [0.4, 0.5) is 5.69 Å². The number of hydrogen-bond donors (Lipinski definition) is 2. The Balaban J connectivity index is 1.54. The molecule has 0 aromatic heterocycles. The van der Waals surface area contributed by atoms with Crippen LogP contribution in [0.5, 0.6) is 0 Å². The van der Waals surface area contributed by atoms with E-state index in [9.17, 15) is 4.79 Å². The fourth-order valence-electron chi connectivity index (χ4n) is 3.33. The van der Waals surface area contributed by atoms with Gasteiger partial charge in [0.1, 0.15) is 12.3 Å². The van der Waals surface area contributed by atoms with E-state index in [2.05, 4.69) is 34.8 Å². The van der Waals surface area contributed by atoms with Crippen molar-refractivity contribution >= 4 is 17.2 Å². The molecule has 0 atom stereocenters. The minimum Gasteiger partial charge on any atom is -0.331 e. The highest BCUT2D eigenvalue weighted by Gasteiger charge is 2.16. The Hall–Kier alpha value is -1.68. The van der Waals surface area contributed by atoms with E-state index in [4.69, 9.17) is 0 Å². The second kappa shape index (κ2) is 7.54. The number of Topliss-reactive ketones (excluding diaryl/α,β-unsaturated/α-hetero) is 1. The van der Waals surface area contributed by atoms with Crippen molar-refractivity contribution in [2.45, 2.75) is 51.5 Å². The van der Waals surface area contributed by atoms with Gasteiger partial charge in [-0.3, -0.25) is 10.2 Å². The SMILES string of the molecule is O=C1CCCCC1=NNc1ccc(C[NH+]2CCCCC2)cc1. The maximum atomic E-state index is 11.7. The summed E-state index contributed by atoms with van der Waals surface area (Å²) in [5.74, 6) is 0.198. The van der Waals surface area contributed by atoms with Crippen LogP contribution < -0.4 is 10.3 Å². The Morgan fingerprint density at radius 2 is 1.68 bits per heavy atom. The van der Waals surface area contributed by atoms with Crippen LogP contribution in [-0.4, -0.2) is 24.6 Å². The standard InChI is InChI=1S/C18H25N3O/c22-18-7-3-2-6-17(18)20-19-16-10-8-15(9-11-16)14-21-12-4-1-5-13-21/h8-11,19H,1-7,12-14H2/p+1. The number of ketones is 1. The summed E-state index contributed by atoms with van der Waals surface area (Å²) in [5, 5.41) is 4.29. The van der Waals surface area contributed by atoms with E-state index in [0.29, 0.717) is 12.1 Å². The van der Waals surface area contributed by atoms with Crippen LogP contribution in [-0.2, 0) is 11.3 Å². The second-order valence-corrected chi connectivity index (χ2v) is 6.48. The largest absolute Gasteiger partial charge is 0.331 e. The van der Waals surface area contributed by atoms with Crippen molar-refractivity contribution < 1.29 is 9.69 Å². The van der Waals surface area contributed by atoms with Crippen LogP contribution in [0.2, 0.25) is 0 Å². The quantitative estimate of drug-likeness (QED) is 0.837. The molecule has 4 nitrogen and oxygen atoms in total. The third-order valence-corrected chi connectivity index (χ3v) is 4.68. The first-order valence-electron chi connectivity index (χ1n) is 8.59. The van der Waals surface area contributed by atoms with E-state index in [1.54, 1.807) is 4.90 Å². The first-order chi connectivity index (χ1) is 10.8. The number of benzene rings is 1. The molecular formula is C18H26N3O+. The van der Waals surface area contributed by atoms with Crippen molar-refractivity contribution in [3.05, 3.63) is 29.8 Å². The van der Waals surface area contributed by atoms with Gasteiger partial charge < -0.3 is 4.90 Å². The molecule has 1 aromatic carbocycles. The molecule has 0 amide bonds. The van der Waals surface area contributed by atoms with E-state index < -0.39 is 0 Å². The van der Waals surface area contributed by atoms with E-state index in [1.807, 2.05) is 0 Å². The number of anilines is 1. The smallest absolute Gasteiger partial charge is 0.178 e. The van der Waals surface area contributed by atoms with Crippen LogP contribution in [0.3, 0.4) is 0 Å². The van der Waals surface area contributed by atoms with Crippen LogP contribution >= 0.6 is 0 Å². The fourth-order valence-corrected chi connectivity index (χ4v) is 3.33. The lowest BCUT2D eigenvalue weighted by Gasteiger charge is -2.23. The molecule has 118 valence electrons. The number of carbonyl (C=O) groups is 1. The summed E-state index contributed by atoms with van der Waals surface area (Å²) in [5.41, 5.74) is 6.08. The molecular weight excluding hydrogens is 274 g/mol. The Morgan fingerprint density at radius 3 is 2.41 bits per heavy atom. The average molecular weight is 300 g/mol. The molecule has 0 bridgehead atoms. The molecule has 1 aromatic rings. The molecule has 2 N–H and O–H groups in total. The van der Waals surface area contributed by atoms with Crippen LogP contribution in [0.1, 0.15) is 50.5 Å². The van der Waals surface area contributed by atoms with Gasteiger partial charge in [0.15, 0.2) is 5.78 Å². The zero-order chi connectivity index (χ0) is 15.2. The molecule has 0 spiro atoms. The summed E-state index contributed by atoms with van der Waals surface area (Å²) in [6.45, 7) is 3.72. The first kappa shape index (κ1) is 15.2. The Labute approximate surface area is 132 Å². The van der Waals surface area contributed by atoms with Gasteiger partial charge in [-0.15, -0.1) is 0 Å². The van der Waals surface area contributed by atoms with Crippen molar-refractivity contribution in [1.29, 1.82) is 0 Å². The Bertz CT molecular complexity index is 530. The molecule has 1 saturated heterocycles. The summed E-state index contributed by atoms with van der Waals surface area (Å²) >= 11 is 0. The van der Waals surface area contributed by atoms with Gasteiger partial charge in [-0.05, 0) is 50.7 Å². The molecule has 0 unspecified atom stereocenters. The van der Waals surface area contributed by atoms with Crippen molar-refractivity contribution in [2.75, 3.05) is 18.5 Å². The van der Waals surface area contributed by atoms with Crippen LogP contribution in [0, 0.1) is 0 Å². The maximum absolute atomic E-state index is 11.7. The van der Waals surface area contributed by atoms with Gasteiger partial charge in [0.05, 0.1) is 18.8 Å². The molecule has 2 aliphatic rings. The third-order valence-electron chi connectivity index (χ3n) is 4.68. The van der Waals surface area contributed by atoms with E-state index in [1.165, 1.54) is 37.9 Å². The number of quaternary nitrogens is 1. The molecule has 1 aliphatic heterocycles. The summed E-state index contributed by atoms with van der Waals surface area (Å²) in [7, 11) is 0. The zero-order valence-corrected chi connectivity index (χ0v) is 13.2. The second-order valence-electron chi connectivity index (χ2n) is 6.48. The average Bonchev–Trinajstić information content (AvgIpc) is 2.56. The fraction of sp³-hybridized carbons (Fsp3) is 0.556. The number of rotatable bonds is 4. The summed E-state index contributed by atoms with van der Waals surface area (Å²) < 4.78 is 0. The molecule has 1 saturated carbocycles. The first-order valence-corrected chi connectivity index (χ1v) is 8.59. The van der Waals surface area contributed by atoms with Crippen molar-refractivity contribution in [3.63, 3.8) is 0 Å². The van der Waals surface area contributed by atoms with Crippen LogP contribution in [0.25, 0.3) is 0 Å². The van der Waals surface area contributed by atoms with Crippen molar-refractivity contribution in [1.82, 2.24) is 0 Å². The Morgan fingerprint density at radius 1 is 0.955 bits per heavy atom. The summed E-state index contributed by atoms with van der Waals surface area (Å²) in [6, 6.07) is 8.48. The number of piperidine rings is 1. The number of nitrogens with one attached hydrogen (secondary N) is 2. The molecule has 2 fully saturated rings. The predicted octanol–water partition coefficient (Wildman–Crippen LogP) is 2.17. The molecule has 1 aliphatic carbocycles. The summed E-state index contributed by atoms with van der Waals surface area (Å²) in [6.07, 6.45) is 7.65. The van der Waals surface area contributed by atoms with Crippen molar-refractivity contribution in [3.8, 4) is 0 Å². The molecule has 3 rings (SSSR count). The predicted molar refractivity (Wildman–Crippen MR) is 89.2 cm³/mol. The highest BCUT2D eigenvalue weighted by Crippen LogP contribution is 2.14. The minimum atomic E-state index is 0.198. The normalized spacial score (nSPS) is 22.0. The molecule has 22 heavy (non-hydrogen) atoms. The topological polar surface area (TPSA) is 45.9 Å². The van der Waals surface area contributed by atoms with Gasteiger partial charge in [-0.25, -0.2) is 0 Å². The van der Waals surface area contributed by atoms with Gasteiger partial charge in [-0.2, -0.15) is 5.10 Å². The van der Waals surface area contributed by atoms with Gasteiger partial charge in [0, 0.05) is 12.0 Å². The van der Waals surface area contributed by atoms with Gasteiger partial charge in [0.25, 0.3) is 0 Å². The maximum Gasteiger partial charge on any atom is 0.178 e. The Kier molecular flexibility index (Phi) is 5.22. The molecule has 1 heterocycles. The molecule has 0 radical (unpaired) electrons. The number of nitrogens with zero attached hydrogens (tertiary/aromatic N) is 1. The van der Waals surface area contributed by atoms with E-state index in [0.717, 1.165) is 31.5 Å².